The highest BCUT2D eigenvalue weighted by Crippen LogP contribution is 2.29. The number of carbonyl (C=O) groups excluding carboxylic acids is 1. The summed E-state index contributed by atoms with van der Waals surface area (Å²) in [6, 6.07) is 8.49. The van der Waals surface area contributed by atoms with E-state index in [2.05, 4.69) is 4.90 Å². The van der Waals surface area contributed by atoms with Crippen molar-refractivity contribution in [3.8, 4) is 0 Å². The predicted octanol–water partition coefficient (Wildman–Crippen LogP) is 3.15. The van der Waals surface area contributed by atoms with E-state index >= 15 is 0 Å². The number of amides is 1. The lowest BCUT2D eigenvalue weighted by molar-refractivity contribution is 0.0753. The largest absolute Gasteiger partial charge is 0.378 e. The lowest BCUT2D eigenvalue weighted by atomic mass is 10.1. The van der Waals surface area contributed by atoms with Crippen molar-refractivity contribution in [3.05, 3.63) is 45.1 Å². The van der Waals surface area contributed by atoms with E-state index in [4.69, 9.17) is 16.3 Å². The van der Waals surface area contributed by atoms with Gasteiger partial charge in [-0.1, -0.05) is 11.6 Å². The van der Waals surface area contributed by atoms with E-state index in [0.717, 1.165) is 14.9 Å². The molecule has 1 aromatic heterocycles. The monoisotopic (exact) mass is 471 g/mol. The number of carbonyl (C=O) groups is 1. The summed E-state index contributed by atoms with van der Waals surface area (Å²) in [7, 11) is -0.709. The van der Waals surface area contributed by atoms with Gasteiger partial charge in [-0.25, -0.2) is 12.7 Å². The lowest BCUT2D eigenvalue weighted by Gasteiger charge is -2.32. The number of morpholine rings is 1. The van der Waals surface area contributed by atoms with Crippen molar-refractivity contribution in [2.75, 3.05) is 51.8 Å². The quantitative estimate of drug-likeness (QED) is 0.620. The molecule has 10 heteroatoms. The Kier molecular flexibility index (Phi) is 7.41. The molecule has 1 saturated heterocycles. The minimum atomic E-state index is -3.66. The van der Waals surface area contributed by atoms with Crippen LogP contribution in [0.5, 0.6) is 0 Å². The molecule has 0 atom stereocenters. The fourth-order valence-corrected chi connectivity index (χ4v) is 5.29. The minimum absolute atomic E-state index is 0.100. The molecule has 3 rings (SSSR count). The molecule has 1 aromatic carbocycles. The number of thiophene rings is 1. The zero-order chi connectivity index (χ0) is 21.9. The average Bonchev–Trinajstić information content (AvgIpc) is 3.16. The fourth-order valence-electron chi connectivity index (χ4n) is 3.26. The number of halogens is 1. The first kappa shape index (κ1) is 23.0. The van der Waals surface area contributed by atoms with Crippen LogP contribution >= 0.6 is 22.9 Å². The van der Waals surface area contributed by atoms with Gasteiger partial charge in [0.1, 0.15) is 0 Å². The Bertz CT molecular complexity index is 1000. The van der Waals surface area contributed by atoms with Gasteiger partial charge in [-0.15, -0.1) is 11.3 Å². The van der Waals surface area contributed by atoms with Crippen LogP contribution in [0.25, 0.3) is 0 Å². The number of benzene rings is 1. The Labute approximate surface area is 186 Å². The number of sulfonamides is 1. The van der Waals surface area contributed by atoms with Gasteiger partial charge in [0.05, 0.1) is 34.6 Å². The number of hydrogen-bond acceptors (Lipinski definition) is 6. The van der Waals surface area contributed by atoms with Crippen molar-refractivity contribution in [2.45, 2.75) is 18.4 Å². The van der Waals surface area contributed by atoms with Crippen LogP contribution in [0.15, 0.2) is 35.2 Å². The zero-order valence-electron chi connectivity index (χ0n) is 17.3. The Morgan fingerprint density at radius 3 is 2.47 bits per heavy atom. The SMILES string of the molecule is CCN(Cc1ccc(Cl)s1)C(=O)c1cc(S(=O)(=O)N(C)C)ccc1N1CCOCC1. The summed E-state index contributed by atoms with van der Waals surface area (Å²) in [4.78, 5) is 18.4. The molecule has 0 saturated carbocycles. The van der Waals surface area contributed by atoms with Crippen LogP contribution in [0.3, 0.4) is 0 Å². The molecule has 0 bridgehead atoms. The molecule has 0 N–H and O–H groups in total. The van der Waals surface area contributed by atoms with Crippen molar-refractivity contribution in [2.24, 2.45) is 0 Å². The molecule has 1 aliphatic heterocycles. The predicted molar refractivity (Wildman–Crippen MR) is 120 cm³/mol. The Morgan fingerprint density at radius 1 is 1.20 bits per heavy atom. The molecular weight excluding hydrogens is 446 g/mol. The summed E-state index contributed by atoms with van der Waals surface area (Å²) in [6.07, 6.45) is 0. The van der Waals surface area contributed by atoms with E-state index in [0.29, 0.717) is 49.3 Å². The van der Waals surface area contributed by atoms with Crippen molar-refractivity contribution >= 4 is 44.6 Å². The topological polar surface area (TPSA) is 70.2 Å². The van der Waals surface area contributed by atoms with Crippen molar-refractivity contribution < 1.29 is 17.9 Å². The van der Waals surface area contributed by atoms with Crippen molar-refractivity contribution in [1.29, 1.82) is 0 Å². The minimum Gasteiger partial charge on any atom is -0.378 e. The summed E-state index contributed by atoms with van der Waals surface area (Å²) in [6.45, 7) is 5.23. The van der Waals surface area contributed by atoms with Crippen LogP contribution in [0.2, 0.25) is 4.34 Å². The van der Waals surface area contributed by atoms with E-state index in [1.165, 1.54) is 31.5 Å². The molecule has 164 valence electrons. The van der Waals surface area contributed by atoms with Gasteiger partial charge in [-0.3, -0.25) is 4.79 Å². The average molecular weight is 472 g/mol. The molecule has 0 unspecified atom stereocenters. The molecule has 0 spiro atoms. The highest BCUT2D eigenvalue weighted by atomic mass is 35.5. The van der Waals surface area contributed by atoms with Gasteiger partial charge in [0.15, 0.2) is 0 Å². The van der Waals surface area contributed by atoms with Crippen LogP contribution in [0.1, 0.15) is 22.2 Å². The molecule has 0 radical (unpaired) electrons. The van der Waals surface area contributed by atoms with E-state index in [1.807, 2.05) is 19.1 Å². The maximum absolute atomic E-state index is 13.5. The third-order valence-electron chi connectivity index (χ3n) is 4.97. The number of hydrogen-bond donors (Lipinski definition) is 0. The van der Waals surface area contributed by atoms with Crippen LogP contribution in [0, 0.1) is 0 Å². The number of ether oxygens (including phenoxy) is 1. The van der Waals surface area contributed by atoms with Gasteiger partial charge in [-0.2, -0.15) is 0 Å². The second-order valence-corrected chi connectivity index (χ2v) is 11.0. The van der Waals surface area contributed by atoms with E-state index in [1.54, 1.807) is 17.0 Å². The molecule has 30 heavy (non-hydrogen) atoms. The summed E-state index contributed by atoms with van der Waals surface area (Å²) in [5.41, 5.74) is 1.10. The smallest absolute Gasteiger partial charge is 0.256 e. The highest BCUT2D eigenvalue weighted by molar-refractivity contribution is 7.89. The van der Waals surface area contributed by atoms with Crippen LogP contribution in [-0.2, 0) is 21.3 Å². The molecule has 7 nitrogen and oxygen atoms in total. The van der Waals surface area contributed by atoms with Crippen molar-refractivity contribution in [1.82, 2.24) is 9.21 Å². The van der Waals surface area contributed by atoms with Crippen LogP contribution < -0.4 is 4.90 Å². The Hall–Kier alpha value is -1.65. The molecular formula is C20H26ClN3O4S2. The number of nitrogens with zero attached hydrogens (tertiary/aromatic N) is 3. The first-order valence-electron chi connectivity index (χ1n) is 9.66. The van der Waals surface area contributed by atoms with E-state index < -0.39 is 10.0 Å². The summed E-state index contributed by atoms with van der Waals surface area (Å²) >= 11 is 7.47. The van der Waals surface area contributed by atoms with Gasteiger partial charge in [0.2, 0.25) is 10.0 Å². The number of rotatable bonds is 7. The molecule has 2 aromatic rings. The van der Waals surface area contributed by atoms with Crippen LogP contribution in [-0.4, -0.2) is 70.5 Å². The Balaban J connectivity index is 2.02. The maximum Gasteiger partial charge on any atom is 0.256 e. The van der Waals surface area contributed by atoms with Gasteiger partial charge in [-0.05, 0) is 37.3 Å². The fraction of sp³-hybridized carbons (Fsp3) is 0.450. The first-order valence-corrected chi connectivity index (χ1v) is 12.3. The zero-order valence-corrected chi connectivity index (χ0v) is 19.7. The molecule has 0 aliphatic carbocycles. The standard InChI is InChI=1S/C20H26ClN3O4S2/c1-4-23(14-15-5-8-19(21)29-15)20(25)17-13-16(30(26,27)22(2)3)6-7-18(17)24-9-11-28-12-10-24/h5-8,13H,4,9-12,14H2,1-3H3. The first-order chi connectivity index (χ1) is 14.2. The highest BCUT2D eigenvalue weighted by Gasteiger charge is 2.26. The molecule has 2 heterocycles. The third-order valence-corrected chi connectivity index (χ3v) is 8.00. The maximum atomic E-state index is 13.5. The van der Waals surface area contributed by atoms with E-state index in [-0.39, 0.29) is 10.8 Å². The van der Waals surface area contributed by atoms with Crippen molar-refractivity contribution in [3.63, 3.8) is 0 Å². The summed E-state index contributed by atoms with van der Waals surface area (Å²) in [5, 5.41) is 0. The summed E-state index contributed by atoms with van der Waals surface area (Å²) in [5.74, 6) is -0.209. The van der Waals surface area contributed by atoms with Crippen LogP contribution in [0.4, 0.5) is 5.69 Å². The second kappa shape index (κ2) is 9.65. The molecule has 1 aliphatic rings. The molecule has 1 fully saturated rings. The van der Waals surface area contributed by atoms with Gasteiger partial charge >= 0.3 is 0 Å². The van der Waals surface area contributed by atoms with Gasteiger partial charge < -0.3 is 14.5 Å². The van der Waals surface area contributed by atoms with E-state index in [9.17, 15) is 13.2 Å². The molecule has 1 amide bonds. The Morgan fingerprint density at radius 2 is 1.90 bits per heavy atom. The third kappa shape index (κ3) is 4.97. The van der Waals surface area contributed by atoms with Gasteiger partial charge in [0, 0.05) is 44.3 Å². The lowest BCUT2D eigenvalue weighted by Crippen LogP contribution is -2.38. The normalized spacial score (nSPS) is 14.9. The summed E-state index contributed by atoms with van der Waals surface area (Å²) < 4.78 is 32.6. The van der Waals surface area contributed by atoms with Gasteiger partial charge in [0.25, 0.3) is 5.91 Å². The number of anilines is 1. The second-order valence-electron chi connectivity index (χ2n) is 7.09.